The van der Waals surface area contributed by atoms with Crippen molar-refractivity contribution < 1.29 is 13.6 Å². The summed E-state index contributed by atoms with van der Waals surface area (Å²) in [4.78, 5) is 11.9. The van der Waals surface area contributed by atoms with E-state index in [9.17, 15) is 9.18 Å². The number of halogens is 1. The molecular weight excluding hydrogens is 293 g/mol. The number of furan rings is 1. The van der Waals surface area contributed by atoms with Crippen molar-refractivity contribution in [3.8, 4) is 11.3 Å². The minimum absolute atomic E-state index is 0.173. The fourth-order valence-electron chi connectivity index (χ4n) is 2.30. The first kappa shape index (κ1) is 15.0. The van der Waals surface area contributed by atoms with E-state index in [1.54, 1.807) is 12.1 Å². The van der Waals surface area contributed by atoms with Crippen LogP contribution in [-0.4, -0.2) is 5.91 Å². The second-order valence-electron chi connectivity index (χ2n) is 5.19. The van der Waals surface area contributed by atoms with Gasteiger partial charge >= 0.3 is 0 Å². The third kappa shape index (κ3) is 4.07. The summed E-state index contributed by atoms with van der Waals surface area (Å²) in [6.07, 6.45) is 0.770. The second kappa shape index (κ2) is 6.92. The van der Waals surface area contributed by atoms with Gasteiger partial charge in [0, 0.05) is 24.1 Å². The van der Waals surface area contributed by atoms with E-state index < -0.39 is 0 Å². The molecule has 1 aromatic heterocycles. The van der Waals surface area contributed by atoms with Crippen molar-refractivity contribution in [1.29, 1.82) is 0 Å². The highest BCUT2D eigenvalue weighted by Gasteiger charge is 2.08. The lowest BCUT2D eigenvalue weighted by molar-refractivity contribution is -0.116. The van der Waals surface area contributed by atoms with Crippen LogP contribution in [0, 0.1) is 5.82 Å². The largest absolute Gasteiger partial charge is 0.461 e. The number of hydrogen-bond acceptors (Lipinski definition) is 2. The van der Waals surface area contributed by atoms with Crippen LogP contribution in [0.5, 0.6) is 0 Å². The van der Waals surface area contributed by atoms with Gasteiger partial charge in [0.25, 0.3) is 0 Å². The van der Waals surface area contributed by atoms with Gasteiger partial charge in [-0.1, -0.05) is 36.4 Å². The van der Waals surface area contributed by atoms with Crippen molar-refractivity contribution >= 4 is 11.6 Å². The number of benzene rings is 2. The molecule has 0 aliphatic carbocycles. The molecule has 0 unspecified atom stereocenters. The van der Waals surface area contributed by atoms with Crippen LogP contribution in [0.4, 0.5) is 10.1 Å². The summed E-state index contributed by atoms with van der Waals surface area (Å²) in [6, 6.07) is 19.4. The van der Waals surface area contributed by atoms with Crippen molar-refractivity contribution in [3.63, 3.8) is 0 Å². The zero-order chi connectivity index (χ0) is 16.1. The lowest BCUT2D eigenvalue weighted by Gasteiger charge is -2.04. The van der Waals surface area contributed by atoms with Crippen LogP contribution < -0.4 is 5.32 Å². The van der Waals surface area contributed by atoms with Gasteiger partial charge in [-0.3, -0.25) is 4.79 Å². The molecule has 0 atom stereocenters. The molecule has 3 nitrogen and oxygen atoms in total. The third-order valence-electron chi connectivity index (χ3n) is 3.43. The molecule has 1 N–H and O–H groups in total. The van der Waals surface area contributed by atoms with E-state index in [0.717, 1.165) is 17.1 Å². The number of carbonyl (C=O) groups excluding carboxylic acids is 1. The molecule has 1 amide bonds. The van der Waals surface area contributed by atoms with Crippen molar-refractivity contribution in [2.75, 3.05) is 5.32 Å². The molecule has 1 heterocycles. The lowest BCUT2D eigenvalue weighted by atomic mass is 10.2. The minimum Gasteiger partial charge on any atom is -0.461 e. The van der Waals surface area contributed by atoms with Crippen LogP contribution in [0.15, 0.2) is 71.1 Å². The number of rotatable bonds is 5. The zero-order valence-corrected chi connectivity index (χ0v) is 12.5. The van der Waals surface area contributed by atoms with E-state index in [4.69, 9.17) is 4.42 Å². The summed E-state index contributed by atoms with van der Waals surface area (Å²) in [5.74, 6) is 0.985. The van der Waals surface area contributed by atoms with Gasteiger partial charge in [0.05, 0.1) is 0 Å². The Hall–Kier alpha value is -2.88. The minimum atomic E-state index is -0.374. The normalized spacial score (nSPS) is 10.5. The number of amides is 1. The lowest BCUT2D eigenvalue weighted by Crippen LogP contribution is -2.12. The maximum Gasteiger partial charge on any atom is 0.224 e. The molecule has 0 bridgehead atoms. The topological polar surface area (TPSA) is 42.2 Å². The van der Waals surface area contributed by atoms with E-state index >= 15 is 0 Å². The molecule has 0 saturated carbocycles. The number of nitrogens with one attached hydrogen (secondary N) is 1. The van der Waals surface area contributed by atoms with Gasteiger partial charge in [-0.25, -0.2) is 4.39 Å². The molecule has 0 radical (unpaired) electrons. The molecule has 0 saturated heterocycles. The smallest absolute Gasteiger partial charge is 0.224 e. The van der Waals surface area contributed by atoms with Gasteiger partial charge in [-0.15, -0.1) is 0 Å². The summed E-state index contributed by atoms with van der Waals surface area (Å²) in [5.41, 5.74) is 1.46. The van der Waals surface area contributed by atoms with Crippen molar-refractivity contribution in [2.45, 2.75) is 12.8 Å². The third-order valence-corrected chi connectivity index (χ3v) is 3.43. The highest BCUT2D eigenvalue weighted by molar-refractivity contribution is 5.90. The Balaban J connectivity index is 1.56. The fraction of sp³-hybridized carbons (Fsp3) is 0.105. The monoisotopic (exact) mass is 309 g/mol. The predicted octanol–water partition coefficient (Wildman–Crippen LogP) is 4.66. The predicted molar refractivity (Wildman–Crippen MR) is 87.5 cm³/mol. The first-order valence-electron chi connectivity index (χ1n) is 7.40. The van der Waals surface area contributed by atoms with E-state index in [-0.39, 0.29) is 18.1 Å². The Kier molecular flexibility index (Phi) is 4.52. The maximum atomic E-state index is 13.1. The summed E-state index contributed by atoms with van der Waals surface area (Å²) in [7, 11) is 0. The molecule has 116 valence electrons. The molecule has 0 aliphatic heterocycles. The number of carbonyl (C=O) groups is 1. The van der Waals surface area contributed by atoms with E-state index in [0.29, 0.717) is 12.1 Å². The summed E-state index contributed by atoms with van der Waals surface area (Å²) in [5, 5.41) is 2.67. The fourth-order valence-corrected chi connectivity index (χ4v) is 2.30. The van der Waals surface area contributed by atoms with Crippen LogP contribution in [-0.2, 0) is 11.2 Å². The Morgan fingerprint density at radius 3 is 2.61 bits per heavy atom. The highest BCUT2D eigenvalue weighted by Crippen LogP contribution is 2.22. The highest BCUT2D eigenvalue weighted by atomic mass is 19.1. The SMILES string of the molecule is O=C(CCc1ccc(-c2ccccc2)o1)Nc1cccc(F)c1. The Labute approximate surface area is 133 Å². The molecule has 3 aromatic rings. The quantitative estimate of drug-likeness (QED) is 0.745. The molecular formula is C19H16FNO2. The first-order chi connectivity index (χ1) is 11.2. The number of aryl methyl sites for hydroxylation is 1. The first-order valence-corrected chi connectivity index (χ1v) is 7.40. The average molecular weight is 309 g/mol. The summed E-state index contributed by atoms with van der Waals surface area (Å²) in [6.45, 7) is 0. The van der Waals surface area contributed by atoms with E-state index in [2.05, 4.69) is 5.32 Å². The molecule has 23 heavy (non-hydrogen) atoms. The Bertz CT molecular complexity index is 796. The average Bonchev–Trinajstić information content (AvgIpc) is 3.03. The molecule has 2 aromatic carbocycles. The van der Waals surface area contributed by atoms with Gasteiger partial charge in [0.2, 0.25) is 5.91 Å². The van der Waals surface area contributed by atoms with Crippen molar-refractivity contribution in [3.05, 3.63) is 78.3 Å². The van der Waals surface area contributed by atoms with E-state index in [1.165, 1.54) is 12.1 Å². The maximum absolute atomic E-state index is 13.1. The van der Waals surface area contributed by atoms with Gasteiger partial charge in [-0.2, -0.15) is 0 Å². The standard InChI is InChI=1S/C19H16FNO2/c20-15-7-4-8-16(13-15)21-19(22)12-10-17-9-11-18(23-17)14-5-2-1-3-6-14/h1-9,11,13H,10,12H2,(H,21,22). The molecule has 0 spiro atoms. The van der Waals surface area contributed by atoms with Crippen molar-refractivity contribution in [2.24, 2.45) is 0 Å². The van der Waals surface area contributed by atoms with E-state index in [1.807, 2.05) is 42.5 Å². The molecule has 4 heteroatoms. The Morgan fingerprint density at radius 2 is 1.83 bits per heavy atom. The van der Waals surface area contributed by atoms with Gasteiger partial charge in [-0.05, 0) is 30.3 Å². The summed E-state index contributed by atoms with van der Waals surface area (Å²) >= 11 is 0. The van der Waals surface area contributed by atoms with Crippen LogP contribution in [0.1, 0.15) is 12.2 Å². The zero-order valence-electron chi connectivity index (χ0n) is 12.5. The Morgan fingerprint density at radius 1 is 1.00 bits per heavy atom. The van der Waals surface area contributed by atoms with Crippen LogP contribution in [0.2, 0.25) is 0 Å². The molecule has 0 aliphatic rings. The number of hydrogen-bond donors (Lipinski definition) is 1. The van der Waals surface area contributed by atoms with Crippen LogP contribution in [0.3, 0.4) is 0 Å². The van der Waals surface area contributed by atoms with Gasteiger partial charge in [0.15, 0.2) is 0 Å². The number of anilines is 1. The van der Waals surface area contributed by atoms with Crippen LogP contribution >= 0.6 is 0 Å². The van der Waals surface area contributed by atoms with Gasteiger partial charge < -0.3 is 9.73 Å². The molecule has 0 fully saturated rings. The van der Waals surface area contributed by atoms with Crippen molar-refractivity contribution in [1.82, 2.24) is 0 Å². The van der Waals surface area contributed by atoms with Gasteiger partial charge in [0.1, 0.15) is 17.3 Å². The second-order valence-corrected chi connectivity index (χ2v) is 5.19. The molecule has 3 rings (SSSR count). The van der Waals surface area contributed by atoms with Crippen LogP contribution in [0.25, 0.3) is 11.3 Å². The summed E-state index contributed by atoms with van der Waals surface area (Å²) < 4.78 is 18.8.